The SMILES string of the molecule is CN1CC(N2CC3C(C2)C3C(=O)NCc2ccc(F)c(Cl)c2)C1. The lowest BCUT2D eigenvalue weighted by Gasteiger charge is -2.42. The minimum atomic E-state index is -0.430. The van der Waals surface area contributed by atoms with Crippen LogP contribution in [0.5, 0.6) is 0 Å². The number of hydrogen-bond acceptors (Lipinski definition) is 3. The van der Waals surface area contributed by atoms with Gasteiger partial charge in [0, 0.05) is 44.7 Å². The molecule has 1 saturated carbocycles. The van der Waals surface area contributed by atoms with E-state index in [9.17, 15) is 9.18 Å². The molecule has 2 atom stereocenters. The van der Waals surface area contributed by atoms with Gasteiger partial charge in [-0.1, -0.05) is 17.7 Å². The van der Waals surface area contributed by atoms with Gasteiger partial charge in [-0.25, -0.2) is 4.39 Å². The molecular weight excluding hydrogens is 317 g/mol. The molecular formula is C17H21ClFN3O. The van der Waals surface area contributed by atoms with Crippen molar-refractivity contribution in [3.63, 3.8) is 0 Å². The van der Waals surface area contributed by atoms with Gasteiger partial charge in [0.15, 0.2) is 0 Å². The predicted molar refractivity (Wildman–Crippen MR) is 86.6 cm³/mol. The molecule has 6 heteroatoms. The van der Waals surface area contributed by atoms with Crippen molar-refractivity contribution in [2.75, 3.05) is 33.2 Å². The Balaban J connectivity index is 1.25. The number of piperidine rings is 1. The summed E-state index contributed by atoms with van der Waals surface area (Å²) in [5.41, 5.74) is 0.828. The highest BCUT2D eigenvalue weighted by Crippen LogP contribution is 2.52. The molecule has 1 aromatic rings. The maximum absolute atomic E-state index is 13.1. The number of likely N-dealkylation sites (tertiary alicyclic amines) is 2. The molecule has 0 spiro atoms. The molecule has 0 radical (unpaired) electrons. The Morgan fingerprint density at radius 2 is 2.00 bits per heavy atom. The van der Waals surface area contributed by atoms with Crippen LogP contribution in [-0.2, 0) is 11.3 Å². The highest BCUT2D eigenvalue weighted by Gasteiger charge is 2.60. The van der Waals surface area contributed by atoms with Gasteiger partial charge in [-0.3, -0.25) is 9.69 Å². The molecule has 2 aliphatic heterocycles. The lowest BCUT2D eigenvalue weighted by molar-refractivity contribution is -0.123. The van der Waals surface area contributed by atoms with Crippen LogP contribution in [0.2, 0.25) is 5.02 Å². The number of benzene rings is 1. The normalized spacial score (nSPS) is 30.8. The fourth-order valence-electron chi connectivity index (χ4n) is 4.10. The van der Waals surface area contributed by atoms with Crippen LogP contribution in [0.1, 0.15) is 5.56 Å². The number of nitrogens with zero attached hydrogens (tertiary/aromatic N) is 2. The van der Waals surface area contributed by atoms with Gasteiger partial charge in [-0.2, -0.15) is 0 Å². The maximum Gasteiger partial charge on any atom is 0.224 e. The predicted octanol–water partition coefficient (Wildman–Crippen LogP) is 1.59. The second-order valence-corrected chi connectivity index (χ2v) is 7.56. The lowest BCUT2D eigenvalue weighted by atomic mass is 10.1. The van der Waals surface area contributed by atoms with Crippen molar-refractivity contribution in [3.05, 3.63) is 34.6 Å². The molecule has 23 heavy (non-hydrogen) atoms. The van der Waals surface area contributed by atoms with Crippen molar-refractivity contribution >= 4 is 17.5 Å². The molecule has 1 aliphatic carbocycles. The Bertz CT molecular complexity index is 622. The Kier molecular flexibility index (Phi) is 3.82. The Morgan fingerprint density at radius 1 is 1.30 bits per heavy atom. The van der Waals surface area contributed by atoms with Gasteiger partial charge in [0.2, 0.25) is 5.91 Å². The number of carbonyl (C=O) groups is 1. The van der Waals surface area contributed by atoms with Crippen LogP contribution in [0.25, 0.3) is 0 Å². The van der Waals surface area contributed by atoms with Crippen LogP contribution in [-0.4, -0.2) is 55.0 Å². The molecule has 0 aromatic heterocycles. The van der Waals surface area contributed by atoms with Crippen molar-refractivity contribution in [1.82, 2.24) is 15.1 Å². The third-order valence-electron chi connectivity index (χ3n) is 5.54. The van der Waals surface area contributed by atoms with Crippen LogP contribution in [0.3, 0.4) is 0 Å². The second-order valence-electron chi connectivity index (χ2n) is 7.15. The summed E-state index contributed by atoms with van der Waals surface area (Å²) >= 11 is 5.76. The summed E-state index contributed by atoms with van der Waals surface area (Å²) in [7, 11) is 2.14. The number of nitrogens with one attached hydrogen (secondary N) is 1. The molecule has 2 unspecified atom stereocenters. The molecule has 3 fully saturated rings. The number of fused-ring (bicyclic) bond motifs is 1. The van der Waals surface area contributed by atoms with E-state index in [0.29, 0.717) is 24.4 Å². The molecule has 1 amide bonds. The van der Waals surface area contributed by atoms with Gasteiger partial charge in [0.25, 0.3) is 0 Å². The van der Waals surface area contributed by atoms with E-state index in [1.54, 1.807) is 12.1 Å². The van der Waals surface area contributed by atoms with Crippen molar-refractivity contribution in [1.29, 1.82) is 0 Å². The van der Waals surface area contributed by atoms with Crippen molar-refractivity contribution in [2.24, 2.45) is 17.8 Å². The zero-order chi connectivity index (χ0) is 16.1. The summed E-state index contributed by atoms with van der Waals surface area (Å²) in [6.45, 7) is 4.84. The standard InChI is InChI=1S/C17H21ClFN3O/c1-21-6-11(7-21)22-8-12-13(9-22)16(12)17(23)20-5-10-2-3-15(19)14(18)4-10/h2-4,11-13,16H,5-9H2,1H3,(H,20,23). The number of carbonyl (C=O) groups excluding carboxylic acids is 1. The van der Waals surface area contributed by atoms with E-state index >= 15 is 0 Å². The summed E-state index contributed by atoms with van der Waals surface area (Å²) < 4.78 is 13.1. The highest BCUT2D eigenvalue weighted by atomic mass is 35.5. The van der Waals surface area contributed by atoms with Gasteiger partial charge in [-0.05, 0) is 36.6 Å². The molecule has 2 saturated heterocycles. The van der Waals surface area contributed by atoms with E-state index in [0.717, 1.165) is 31.7 Å². The van der Waals surface area contributed by atoms with Crippen molar-refractivity contribution < 1.29 is 9.18 Å². The first kappa shape index (κ1) is 15.4. The molecule has 0 bridgehead atoms. The van der Waals surface area contributed by atoms with Gasteiger partial charge >= 0.3 is 0 Å². The van der Waals surface area contributed by atoms with E-state index in [-0.39, 0.29) is 16.8 Å². The highest BCUT2D eigenvalue weighted by molar-refractivity contribution is 6.30. The first-order valence-electron chi connectivity index (χ1n) is 8.17. The fourth-order valence-corrected chi connectivity index (χ4v) is 4.30. The quantitative estimate of drug-likeness (QED) is 0.906. The molecule has 4 rings (SSSR count). The van der Waals surface area contributed by atoms with Crippen LogP contribution in [0.4, 0.5) is 4.39 Å². The maximum atomic E-state index is 13.1. The number of rotatable bonds is 4. The summed E-state index contributed by atoms with van der Waals surface area (Å²) in [5.74, 6) is 0.918. The zero-order valence-corrected chi connectivity index (χ0v) is 13.9. The van der Waals surface area contributed by atoms with Crippen LogP contribution in [0, 0.1) is 23.6 Å². The van der Waals surface area contributed by atoms with E-state index in [2.05, 4.69) is 22.2 Å². The number of likely N-dealkylation sites (N-methyl/N-ethyl adjacent to an activating group) is 1. The van der Waals surface area contributed by atoms with Crippen molar-refractivity contribution in [2.45, 2.75) is 12.6 Å². The first-order chi connectivity index (χ1) is 11.0. The number of amides is 1. The zero-order valence-electron chi connectivity index (χ0n) is 13.1. The molecule has 2 heterocycles. The van der Waals surface area contributed by atoms with Gasteiger partial charge < -0.3 is 10.2 Å². The van der Waals surface area contributed by atoms with Gasteiger partial charge in [0.05, 0.1) is 5.02 Å². The van der Waals surface area contributed by atoms with Crippen LogP contribution in [0.15, 0.2) is 18.2 Å². The molecule has 4 nitrogen and oxygen atoms in total. The number of halogens is 2. The second kappa shape index (κ2) is 5.72. The largest absolute Gasteiger partial charge is 0.352 e. The Hall–Kier alpha value is -1.17. The van der Waals surface area contributed by atoms with E-state index in [1.807, 2.05) is 0 Å². The minimum absolute atomic E-state index is 0.0983. The summed E-state index contributed by atoms with van der Waals surface area (Å²) in [6.07, 6.45) is 0. The minimum Gasteiger partial charge on any atom is -0.352 e. The number of hydrogen-bond donors (Lipinski definition) is 1. The summed E-state index contributed by atoms with van der Waals surface area (Å²) in [5, 5.41) is 3.07. The topological polar surface area (TPSA) is 35.6 Å². The van der Waals surface area contributed by atoms with Gasteiger partial charge in [-0.15, -0.1) is 0 Å². The molecule has 3 aliphatic rings. The Labute approximate surface area is 140 Å². The third kappa shape index (κ3) is 2.86. The molecule has 1 aromatic carbocycles. The molecule has 124 valence electrons. The summed E-state index contributed by atoms with van der Waals surface area (Å²) in [4.78, 5) is 17.2. The Morgan fingerprint density at radius 3 is 2.61 bits per heavy atom. The average molecular weight is 338 g/mol. The third-order valence-corrected chi connectivity index (χ3v) is 5.83. The van der Waals surface area contributed by atoms with E-state index in [1.165, 1.54) is 6.07 Å². The van der Waals surface area contributed by atoms with E-state index < -0.39 is 5.82 Å². The van der Waals surface area contributed by atoms with Crippen molar-refractivity contribution in [3.8, 4) is 0 Å². The fraction of sp³-hybridized carbons (Fsp3) is 0.588. The summed E-state index contributed by atoms with van der Waals surface area (Å²) in [6, 6.07) is 5.25. The lowest BCUT2D eigenvalue weighted by Crippen LogP contribution is -2.57. The molecule has 1 N–H and O–H groups in total. The smallest absolute Gasteiger partial charge is 0.224 e. The van der Waals surface area contributed by atoms with Crippen LogP contribution >= 0.6 is 11.6 Å². The first-order valence-corrected chi connectivity index (χ1v) is 8.55. The van der Waals surface area contributed by atoms with Gasteiger partial charge in [0.1, 0.15) is 5.82 Å². The van der Waals surface area contributed by atoms with Crippen LogP contribution < -0.4 is 5.32 Å². The monoisotopic (exact) mass is 337 g/mol. The van der Waals surface area contributed by atoms with E-state index in [4.69, 9.17) is 11.6 Å². The average Bonchev–Trinajstić information content (AvgIpc) is 3.00.